The maximum Gasteiger partial charge on any atom is 0.268 e. The Morgan fingerprint density at radius 2 is 1.85 bits per heavy atom. The van der Waals surface area contributed by atoms with E-state index in [2.05, 4.69) is 10.6 Å². The van der Waals surface area contributed by atoms with Gasteiger partial charge in [-0.2, -0.15) is 0 Å². The molecule has 1 unspecified atom stereocenters. The van der Waals surface area contributed by atoms with Crippen molar-refractivity contribution in [2.24, 2.45) is 23.2 Å². The maximum atomic E-state index is 13.2. The molecule has 1 atom stereocenters. The van der Waals surface area contributed by atoms with Crippen molar-refractivity contribution < 1.29 is 9.59 Å². The van der Waals surface area contributed by atoms with Crippen molar-refractivity contribution in [1.29, 1.82) is 0 Å². The lowest BCUT2D eigenvalue weighted by Crippen LogP contribution is -2.51. The van der Waals surface area contributed by atoms with Crippen LogP contribution in [0.4, 0.5) is 0 Å². The molecule has 0 spiro atoms. The van der Waals surface area contributed by atoms with Crippen LogP contribution in [0.25, 0.3) is 5.65 Å². The molecule has 182 valence electrons. The number of imidazole rings is 1. The summed E-state index contributed by atoms with van der Waals surface area (Å²) in [5.74, 6) is 2.82. The van der Waals surface area contributed by atoms with Crippen LogP contribution in [0.2, 0.25) is 0 Å². The van der Waals surface area contributed by atoms with Crippen LogP contribution in [-0.2, 0) is 11.2 Å². The van der Waals surface area contributed by atoms with Crippen molar-refractivity contribution >= 4 is 17.5 Å². The van der Waals surface area contributed by atoms with E-state index >= 15 is 0 Å². The number of nitrogens with one attached hydrogen (secondary N) is 2. The van der Waals surface area contributed by atoms with Crippen LogP contribution in [0.1, 0.15) is 67.5 Å². The minimum atomic E-state index is -0.0171. The molecular weight excluding hydrogens is 426 g/mol. The molecule has 7 rings (SSSR count). The van der Waals surface area contributed by atoms with Gasteiger partial charge in [-0.05, 0) is 93.7 Å². The average Bonchev–Trinajstić information content (AvgIpc) is 3.47. The topological polar surface area (TPSA) is 78.7 Å². The Morgan fingerprint density at radius 1 is 1.12 bits per heavy atom. The van der Waals surface area contributed by atoms with Gasteiger partial charge in [0.2, 0.25) is 5.91 Å². The number of hydrogen-bond acceptors (Lipinski definition) is 4. The highest BCUT2D eigenvalue weighted by molar-refractivity contribution is 5.93. The summed E-state index contributed by atoms with van der Waals surface area (Å²) in [7, 11) is 1.95. The summed E-state index contributed by atoms with van der Waals surface area (Å²) in [6.45, 7) is 2.41. The lowest BCUT2D eigenvalue weighted by Gasteiger charge is -2.56. The lowest BCUT2D eigenvalue weighted by atomic mass is 9.49. The van der Waals surface area contributed by atoms with E-state index in [4.69, 9.17) is 4.98 Å². The van der Waals surface area contributed by atoms with Crippen LogP contribution >= 0.6 is 0 Å². The zero-order valence-corrected chi connectivity index (χ0v) is 20.3. The van der Waals surface area contributed by atoms with Crippen molar-refractivity contribution in [3.63, 3.8) is 0 Å². The predicted molar refractivity (Wildman–Crippen MR) is 130 cm³/mol. The Labute approximate surface area is 201 Å². The van der Waals surface area contributed by atoms with E-state index in [1.165, 1.54) is 38.5 Å². The molecule has 4 aliphatic carbocycles. The number of amides is 2. The molecule has 4 bridgehead atoms. The standard InChI is InChI=1S/C27H37N5O2/c1-28-21-7-8-31(15-21)25(33)6-5-22-16-32-23(3-2-4-24(32)30-22)26(34)29-17-27-12-18-9-19(13-27)11-20(10-18)14-27/h2-4,16,18-21,28H,5-15,17H2,1H3,(H,29,34). The summed E-state index contributed by atoms with van der Waals surface area (Å²) in [4.78, 5) is 32.5. The van der Waals surface area contributed by atoms with Crippen molar-refractivity contribution in [2.45, 2.75) is 63.8 Å². The number of carbonyl (C=O) groups excluding carboxylic acids is 2. The number of aromatic nitrogens is 2. The molecule has 7 heteroatoms. The van der Waals surface area contributed by atoms with Crippen molar-refractivity contribution in [1.82, 2.24) is 24.9 Å². The van der Waals surface area contributed by atoms with Gasteiger partial charge in [0.1, 0.15) is 11.3 Å². The van der Waals surface area contributed by atoms with Crippen molar-refractivity contribution in [3.05, 3.63) is 35.8 Å². The van der Waals surface area contributed by atoms with E-state index in [0.29, 0.717) is 30.0 Å². The summed E-state index contributed by atoms with van der Waals surface area (Å²) < 4.78 is 1.89. The molecule has 0 radical (unpaired) electrons. The fourth-order valence-electron chi connectivity index (χ4n) is 7.85. The largest absolute Gasteiger partial charge is 0.350 e. The molecule has 1 saturated heterocycles. The molecule has 4 saturated carbocycles. The third kappa shape index (κ3) is 4.12. The Bertz CT molecular complexity index is 1060. The summed E-state index contributed by atoms with van der Waals surface area (Å²) in [6.07, 6.45) is 12.1. The second kappa shape index (κ2) is 8.67. The minimum absolute atomic E-state index is 0.0171. The first-order valence-corrected chi connectivity index (χ1v) is 13.2. The maximum absolute atomic E-state index is 13.2. The van der Waals surface area contributed by atoms with Gasteiger partial charge in [-0.3, -0.25) is 14.0 Å². The van der Waals surface area contributed by atoms with E-state index in [1.54, 1.807) is 0 Å². The monoisotopic (exact) mass is 463 g/mol. The second-order valence-corrected chi connectivity index (χ2v) is 11.6. The Balaban J connectivity index is 1.10. The first-order valence-electron chi connectivity index (χ1n) is 13.2. The normalized spacial score (nSPS) is 32.0. The summed E-state index contributed by atoms with van der Waals surface area (Å²) in [6, 6.07) is 6.11. The Kier molecular flexibility index (Phi) is 5.63. The molecule has 2 amide bonds. The number of nitrogens with zero attached hydrogens (tertiary/aromatic N) is 3. The molecule has 0 aromatic carbocycles. The molecular formula is C27H37N5O2. The minimum Gasteiger partial charge on any atom is -0.350 e. The second-order valence-electron chi connectivity index (χ2n) is 11.6. The molecule has 2 N–H and O–H groups in total. The number of hydrogen-bond donors (Lipinski definition) is 2. The lowest BCUT2D eigenvalue weighted by molar-refractivity contribution is -0.130. The van der Waals surface area contributed by atoms with Gasteiger partial charge in [0.25, 0.3) is 5.91 Å². The van der Waals surface area contributed by atoms with Crippen LogP contribution < -0.4 is 10.6 Å². The first kappa shape index (κ1) is 22.1. The van der Waals surface area contributed by atoms with Crippen LogP contribution in [0.15, 0.2) is 24.4 Å². The van der Waals surface area contributed by atoms with Gasteiger partial charge in [-0.1, -0.05) is 6.07 Å². The zero-order valence-electron chi connectivity index (χ0n) is 20.3. The SMILES string of the molecule is CNC1CCN(C(=O)CCc2cn3c(C(=O)NCC45CC6CC(CC(C6)C4)C5)cccc3n2)C1. The number of pyridine rings is 1. The van der Waals surface area contributed by atoms with Gasteiger partial charge in [0, 0.05) is 38.3 Å². The summed E-state index contributed by atoms with van der Waals surface area (Å²) >= 11 is 0. The van der Waals surface area contributed by atoms with Gasteiger partial charge in [-0.15, -0.1) is 0 Å². The van der Waals surface area contributed by atoms with Gasteiger partial charge in [0.05, 0.1) is 5.69 Å². The molecule has 1 aliphatic heterocycles. The number of aryl methyl sites for hydroxylation is 1. The van der Waals surface area contributed by atoms with Gasteiger partial charge < -0.3 is 15.5 Å². The number of rotatable bonds is 7. The van der Waals surface area contributed by atoms with Crippen molar-refractivity contribution in [3.8, 4) is 0 Å². The zero-order chi connectivity index (χ0) is 23.3. The highest BCUT2D eigenvalue weighted by Crippen LogP contribution is 2.59. The van der Waals surface area contributed by atoms with Crippen LogP contribution in [0.3, 0.4) is 0 Å². The average molecular weight is 464 g/mol. The fraction of sp³-hybridized carbons (Fsp3) is 0.667. The van der Waals surface area contributed by atoms with Gasteiger partial charge >= 0.3 is 0 Å². The van der Waals surface area contributed by atoms with E-state index in [9.17, 15) is 9.59 Å². The molecule has 7 nitrogen and oxygen atoms in total. The number of likely N-dealkylation sites (N-methyl/N-ethyl adjacent to an activating group) is 1. The number of carbonyl (C=O) groups is 2. The van der Waals surface area contributed by atoms with Crippen molar-refractivity contribution in [2.75, 3.05) is 26.7 Å². The van der Waals surface area contributed by atoms with Crippen LogP contribution in [0, 0.1) is 23.2 Å². The fourth-order valence-corrected chi connectivity index (χ4v) is 7.85. The quantitative estimate of drug-likeness (QED) is 0.662. The van der Waals surface area contributed by atoms with Gasteiger partial charge in [0.15, 0.2) is 0 Å². The Morgan fingerprint density at radius 3 is 2.53 bits per heavy atom. The highest BCUT2D eigenvalue weighted by atomic mass is 16.2. The first-order chi connectivity index (χ1) is 16.5. The van der Waals surface area contributed by atoms with E-state index < -0.39 is 0 Å². The summed E-state index contributed by atoms with van der Waals surface area (Å²) in [5, 5.41) is 6.56. The summed E-state index contributed by atoms with van der Waals surface area (Å²) in [5.41, 5.74) is 2.57. The third-order valence-electron chi connectivity index (χ3n) is 9.11. The predicted octanol–water partition coefficient (Wildman–Crippen LogP) is 3.03. The van der Waals surface area contributed by atoms with Crippen LogP contribution in [-0.4, -0.2) is 58.8 Å². The molecule has 5 aliphatic rings. The van der Waals surface area contributed by atoms with Gasteiger partial charge in [-0.25, -0.2) is 4.98 Å². The highest BCUT2D eigenvalue weighted by Gasteiger charge is 2.50. The Hall–Kier alpha value is -2.41. The molecule has 2 aromatic rings. The molecule has 2 aromatic heterocycles. The molecule has 5 fully saturated rings. The van der Waals surface area contributed by atoms with Crippen LogP contribution in [0.5, 0.6) is 0 Å². The van der Waals surface area contributed by atoms with E-state index in [1.807, 2.05) is 40.7 Å². The third-order valence-corrected chi connectivity index (χ3v) is 9.11. The van der Waals surface area contributed by atoms with E-state index in [-0.39, 0.29) is 11.8 Å². The number of fused-ring (bicyclic) bond motifs is 1. The smallest absolute Gasteiger partial charge is 0.268 e. The molecule has 3 heterocycles. The van der Waals surface area contributed by atoms with E-state index in [0.717, 1.165) is 55.1 Å². The number of likely N-dealkylation sites (tertiary alicyclic amines) is 1. The molecule has 34 heavy (non-hydrogen) atoms.